The molecule has 0 rings (SSSR count). The van der Waals surface area contributed by atoms with Crippen molar-refractivity contribution in [1.82, 2.24) is 11.0 Å². The maximum absolute atomic E-state index is 11.4. The summed E-state index contributed by atoms with van der Waals surface area (Å²) in [5.41, 5.74) is 2.35. The molecule has 9 heteroatoms. The van der Waals surface area contributed by atoms with Gasteiger partial charge in [-0.2, -0.15) is 0 Å². The molecule has 0 aliphatic carbocycles. The molecule has 0 spiro atoms. The van der Waals surface area contributed by atoms with E-state index < -0.39 is 32.7 Å². The van der Waals surface area contributed by atoms with Gasteiger partial charge in [-0.05, 0) is 6.42 Å². The van der Waals surface area contributed by atoms with Crippen molar-refractivity contribution in [3.05, 3.63) is 0 Å². The van der Waals surface area contributed by atoms with Gasteiger partial charge in [-0.1, -0.05) is 6.92 Å². The summed E-state index contributed by atoms with van der Waals surface area (Å²) in [5, 5.41) is 14.9. The second-order valence-electron chi connectivity index (χ2n) is 2.72. The van der Waals surface area contributed by atoms with E-state index in [4.69, 9.17) is 10.4 Å². The number of hydrogen-bond donors (Lipinski definition) is 4. The maximum atomic E-state index is 11.4. The number of carbonyl (C=O) groups is 2. The molecule has 0 saturated carbocycles. The van der Waals surface area contributed by atoms with Gasteiger partial charge in [-0.15, -0.1) is 0 Å². The standard InChI is InChI=1S/C6H12N2O6S/c1-2-4(6(10)8-12)15(13,14)3-5(9)7-11/h4,11-12H,2-3H2,1H3,(H,7,9)(H,8,10). The molecular weight excluding hydrogens is 228 g/mol. The summed E-state index contributed by atoms with van der Waals surface area (Å²) in [5.74, 6) is -3.27. The van der Waals surface area contributed by atoms with Crippen molar-refractivity contribution in [2.45, 2.75) is 18.6 Å². The predicted molar refractivity (Wildman–Crippen MR) is 47.7 cm³/mol. The summed E-state index contributed by atoms with van der Waals surface area (Å²) < 4.78 is 22.8. The first-order valence-corrected chi connectivity index (χ1v) is 5.69. The van der Waals surface area contributed by atoms with Crippen LogP contribution in [0.2, 0.25) is 0 Å². The van der Waals surface area contributed by atoms with Gasteiger partial charge in [-0.25, -0.2) is 19.4 Å². The quantitative estimate of drug-likeness (QED) is 0.330. The van der Waals surface area contributed by atoms with E-state index in [1.165, 1.54) is 12.4 Å². The molecule has 1 unspecified atom stereocenters. The number of hydrogen-bond acceptors (Lipinski definition) is 6. The van der Waals surface area contributed by atoms with Gasteiger partial charge in [0, 0.05) is 0 Å². The number of nitrogens with one attached hydrogen (secondary N) is 2. The number of rotatable bonds is 5. The molecular formula is C6H12N2O6S. The Balaban J connectivity index is 4.83. The third kappa shape index (κ3) is 3.81. The molecule has 0 aromatic rings. The van der Waals surface area contributed by atoms with Crippen molar-refractivity contribution in [2.75, 3.05) is 5.75 Å². The van der Waals surface area contributed by atoms with Crippen LogP contribution in [-0.4, -0.2) is 41.6 Å². The van der Waals surface area contributed by atoms with Crippen LogP contribution in [0.25, 0.3) is 0 Å². The Kier molecular flexibility index (Phi) is 5.19. The summed E-state index contributed by atoms with van der Waals surface area (Å²) in [6, 6.07) is 0. The first-order chi connectivity index (χ1) is 6.88. The van der Waals surface area contributed by atoms with E-state index in [0.717, 1.165) is 5.48 Å². The van der Waals surface area contributed by atoms with Crippen molar-refractivity contribution in [2.24, 2.45) is 0 Å². The van der Waals surface area contributed by atoms with Gasteiger partial charge in [-0.3, -0.25) is 20.0 Å². The highest BCUT2D eigenvalue weighted by atomic mass is 32.2. The van der Waals surface area contributed by atoms with Gasteiger partial charge >= 0.3 is 0 Å². The predicted octanol–water partition coefficient (Wildman–Crippen LogP) is -1.81. The Bertz CT molecular complexity index is 338. The molecule has 8 nitrogen and oxygen atoms in total. The van der Waals surface area contributed by atoms with E-state index >= 15 is 0 Å². The Labute approximate surface area is 86.1 Å². The zero-order valence-corrected chi connectivity index (χ0v) is 8.74. The first-order valence-electron chi connectivity index (χ1n) is 3.97. The summed E-state index contributed by atoms with van der Waals surface area (Å²) in [7, 11) is -4.04. The molecule has 0 aliphatic heterocycles. The van der Waals surface area contributed by atoms with E-state index in [2.05, 4.69) is 0 Å². The minimum Gasteiger partial charge on any atom is -0.289 e. The largest absolute Gasteiger partial charge is 0.289 e. The van der Waals surface area contributed by atoms with Crippen LogP contribution in [-0.2, 0) is 19.4 Å². The SMILES string of the molecule is CCC(C(=O)NO)S(=O)(=O)CC(=O)NO. The fourth-order valence-electron chi connectivity index (χ4n) is 0.990. The number of amides is 2. The Morgan fingerprint density at radius 3 is 2.13 bits per heavy atom. The third-order valence-electron chi connectivity index (χ3n) is 1.66. The normalized spacial score (nSPS) is 13.0. The second kappa shape index (κ2) is 5.63. The van der Waals surface area contributed by atoms with Crippen LogP contribution >= 0.6 is 0 Å². The molecule has 0 saturated heterocycles. The summed E-state index contributed by atoms with van der Waals surface area (Å²) in [4.78, 5) is 21.5. The molecule has 0 aliphatic rings. The fraction of sp³-hybridized carbons (Fsp3) is 0.667. The monoisotopic (exact) mass is 240 g/mol. The Hall–Kier alpha value is -1.19. The summed E-state index contributed by atoms with van der Waals surface area (Å²) in [6.45, 7) is 1.41. The highest BCUT2D eigenvalue weighted by molar-refractivity contribution is 7.93. The summed E-state index contributed by atoms with van der Waals surface area (Å²) in [6.07, 6.45) is -0.0898. The highest BCUT2D eigenvalue weighted by Crippen LogP contribution is 2.07. The molecule has 4 N–H and O–H groups in total. The molecule has 0 bridgehead atoms. The average molecular weight is 240 g/mol. The van der Waals surface area contributed by atoms with Crippen molar-refractivity contribution >= 4 is 21.7 Å². The Morgan fingerprint density at radius 1 is 1.27 bits per heavy atom. The smallest absolute Gasteiger partial charge is 0.261 e. The van der Waals surface area contributed by atoms with E-state index in [0.29, 0.717) is 0 Å². The molecule has 0 fully saturated rings. The second-order valence-corrected chi connectivity index (χ2v) is 4.90. The topological polar surface area (TPSA) is 133 Å². The van der Waals surface area contributed by atoms with Gasteiger partial charge in [0.2, 0.25) is 0 Å². The molecule has 15 heavy (non-hydrogen) atoms. The third-order valence-corrected chi connectivity index (χ3v) is 3.74. The van der Waals surface area contributed by atoms with Crippen LogP contribution in [0.15, 0.2) is 0 Å². The van der Waals surface area contributed by atoms with Gasteiger partial charge in [0.05, 0.1) is 0 Å². The van der Waals surface area contributed by atoms with E-state index in [9.17, 15) is 18.0 Å². The lowest BCUT2D eigenvalue weighted by molar-refractivity contribution is -0.128. The molecule has 0 aromatic carbocycles. The van der Waals surface area contributed by atoms with Crippen molar-refractivity contribution in [3.8, 4) is 0 Å². The van der Waals surface area contributed by atoms with Gasteiger partial charge in [0.15, 0.2) is 9.84 Å². The lowest BCUT2D eigenvalue weighted by Crippen LogP contribution is -2.42. The van der Waals surface area contributed by atoms with Crippen molar-refractivity contribution < 1.29 is 28.4 Å². The molecule has 0 radical (unpaired) electrons. The van der Waals surface area contributed by atoms with Crippen molar-refractivity contribution in [3.63, 3.8) is 0 Å². The fourth-order valence-corrected chi connectivity index (χ4v) is 2.51. The maximum Gasteiger partial charge on any atom is 0.261 e. The molecule has 88 valence electrons. The van der Waals surface area contributed by atoms with E-state index in [1.54, 1.807) is 0 Å². The van der Waals surface area contributed by atoms with Gasteiger partial charge in [0.25, 0.3) is 11.8 Å². The number of sulfone groups is 1. The highest BCUT2D eigenvalue weighted by Gasteiger charge is 2.32. The van der Waals surface area contributed by atoms with Crippen LogP contribution < -0.4 is 11.0 Å². The summed E-state index contributed by atoms with van der Waals surface area (Å²) >= 11 is 0. The van der Waals surface area contributed by atoms with E-state index in [-0.39, 0.29) is 6.42 Å². The van der Waals surface area contributed by atoms with Crippen molar-refractivity contribution in [1.29, 1.82) is 0 Å². The van der Waals surface area contributed by atoms with Crippen LogP contribution in [0.3, 0.4) is 0 Å². The zero-order valence-electron chi connectivity index (χ0n) is 7.93. The Morgan fingerprint density at radius 2 is 1.80 bits per heavy atom. The lowest BCUT2D eigenvalue weighted by Gasteiger charge is -2.12. The zero-order chi connectivity index (χ0) is 12.1. The molecule has 0 heterocycles. The number of hydroxylamine groups is 2. The van der Waals surface area contributed by atoms with Crippen LogP contribution in [0, 0.1) is 0 Å². The minimum atomic E-state index is -4.04. The number of carbonyl (C=O) groups excluding carboxylic acids is 2. The van der Waals surface area contributed by atoms with Crippen LogP contribution in [0.1, 0.15) is 13.3 Å². The van der Waals surface area contributed by atoms with E-state index in [1.807, 2.05) is 0 Å². The average Bonchev–Trinajstić information content (AvgIpc) is 2.17. The van der Waals surface area contributed by atoms with Gasteiger partial charge < -0.3 is 0 Å². The molecule has 2 amide bonds. The minimum absolute atomic E-state index is 0.0898. The van der Waals surface area contributed by atoms with Gasteiger partial charge in [0.1, 0.15) is 11.0 Å². The molecule has 1 atom stereocenters. The lowest BCUT2D eigenvalue weighted by atomic mass is 10.3. The molecule has 0 aromatic heterocycles. The first kappa shape index (κ1) is 13.8. The van der Waals surface area contributed by atoms with Crippen LogP contribution in [0.5, 0.6) is 0 Å². The van der Waals surface area contributed by atoms with Crippen LogP contribution in [0.4, 0.5) is 0 Å².